The van der Waals surface area contributed by atoms with E-state index in [-0.39, 0.29) is 16.7 Å². The molecule has 2 rings (SSSR count). The lowest BCUT2D eigenvalue weighted by atomic mass is 10.2. The zero-order valence-electron chi connectivity index (χ0n) is 14.2. The summed E-state index contributed by atoms with van der Waals surface area (Å²) >= 11 is 16.6. The number of rotatable bonds is 7. The van der Waals surface area contributed by atoms with E-state index in [0.29, 0.717) is 22.2 Å². The zero-order chi connectivity index (χ0) is 19.8. The van der Waals surface area contributed by atoms with Gasteiger partial charge in [0.2, 0.25) is 0 Å². The van der Waals surface area contributed by atoms with Crippen LogP contribution in [-0.2, 0) is 4.79 Å². The number of carbonyl (C=O) groups is 1. The lowest BCUT2D eigenvalue weighted by Crippen LogP contribution is -2.24. The van der Waals surface area contributed by atoms with E-state index >= 15 is 0 Å². The third kappa shape index (κ3) is 6.28. The Morgan fingerprint density at radius 3 is 2.78 bits per heavy atom. The summed E-state index contributed by atoms with van der Waals surface area (Å²) in [6.45, 7) is -0.240. The second kappa shape index (κ2) is 9.96. The van der Waals surface area contributed by atoms with Crippen LogP contribution in [0.2, 0.25) is 10.0 Å². The van der Waals surface area contributed by atoms with Gasteiger partial charge in [-0.2, -0.15) is 5.10 Å². The molecule has 1 amide bonds. The summed E-state index contributed by atoms with van der Waals surface area (Å²) < 4.78 is 10.8. The average Bonchev–Trinajstić information content (AvgIpc) is 2.64. The quantitative estimate of drug-likeness (QED) is 0.357. The Labute approximate surface area is 171 Å². The summed E-state index contributed by atoms with van der Waals surface area (Å²) in [7, 11) is 1.49. The summed E-state index contributed by atoms with van der Waals surface area (Å²) in [6, 6.07) is 10.0. The second-order valence-electron chi connectivity index (χ2n) is 5.08. The fourth-order valence-electron chi connectivity index (χ4n) is 1.98. The molecule has 2 aromatic rings. The van der Waals surface area contributed by atoms with Crippen molar-refractivity contribution in [2.75, 3.05) is 19.0 Å². The maximum atomic E-state index is 12.1. The van der Waals surface area contributed by atoms with Crippen LogP contribution < -0.4 is 25.9 Å². The Hall–Kier alpha value is -2.55. The molecule has 0 unspecified atom stereocenters. The molecule has 0 saturated heterocycles. The van der Waals surface area contributed by atoms with Gasteiger partial charge in [-0.05, 0) is 48.1 Å². The SMILES string of the molecule is COc1cc(/C=N/NC(N)=S)ccc1OCC(=O)Nc1cccc(Cl)c1Cl. The number of benzene rings is 2. The molecule has 0 spiro atoms. The van der Waals surface area contributed by atoms with Crippen molar-refractivity contribution in [1.82, 2.24) is 5.43 Å². The van der Waals surface area contributed by atoms with Crippen LogP contribution in [0.15, 0.2) is 41.5 Å². The van der Waals surface area contributed by atoms with Crippen LogP contribution in [0.5, 0.6) is 11.5 Å². The van der Waals surface area contributed by atoms with Crippen molar-refractivity contribution in [3.05, 3.63) is 52.0 Å². The van der Waals surface area contributed by atoms with Crippen molar-refractivity contribution in [3.63, 3.8) is 0 Å². The summed E-state index contributed by atoms with van der Waals surface area (Å²) in [6.07, 6.45) is 1.51. The second-order valence-corrected chi connectivity index (χ2v) is 6.31. The van der Waals surface area contributed by atoms with E-state index in [1.54, 1.807) is 36.4 Å². The molecule has 0 saturated carbocycles. The van der Waals surface area contributed by atoms with Crippen molar-refractivity contribution in [2.24, 2.45) is 10.8 Å². The predicted octanol–water partition coefficient (Wildman–Crippen LogP) is 3.19. The van der Waals surface area contributed by atoms with Crippen molar-refractivity contribution in [1.29, 1.82) is 0 Å². The van der Waals surface area contributed by atoms with Gasteiger partial charge in [0, 0.05) is 0 Å². The number of hydrazone groups is 1. The van der Waals surface area contributed by atoms with Crippen molar-refractivity contribution in [3.8, 4) is 11.5 Å². The first-order valence-electron chi connectivity index (χ1n) is 7.54. The van der Waals surface area contributed by atoms with E-state index in [0.717, 1.165) is 5.56 Å². The normalized spacial score (nSPS) is 10.5. The Morgan fingerprint density at radius 2 is 2.07 bits per heavy atom. The molecule has 0 aliphatic rings. The minimum absolute atomic E-state index is 0.0592. The monoisotopic (exact) mass is 426 g/mol. The van der Waals surface area contributed by atoms with E-state index in [1.807, 2.05) is 0 Å². The summed E-state index contributed by atoms with van der Waals surface area (Å²) in [5.41, 5.74) is 8.86. The summed E-state index contributed by atoms with van der Waals surface area (Å²) in [5.74, 6) is 0.430. The Balaban J connectivity index is 2.00. The minimum atomic E-state index is -0.396. The van der Waals surface area contributed by atoms with Crippen LogP contribution in [0.3, 0.4) is 0 Å². The van der Waals surface area contributed by atoms with Crippen LogP contribution in [0, 0.1) is 0 Å². The number of nitrogens with one attached hydrogen (secondary N) is 2. The molecule has 0 bridgehead atoms. The van der Waals surface area contributed by atoms with E-state index in [9.17, 15) is 4.79 Å². The number of hydrogen-bond acceptors (Lipinski definition) is 5. The maximum absolute atomic E-state index is 12.1. The van der Waals surface area contributed by atoms with E-state index < -0.39 is 5.91 Å². The van der Waals surface area contributed by atoms with Crippen LogP contribution in [-0.4, -0.2) is 31.0 Å². The Bertz CT molecular complexity index is 877. The highest BCUT2D eigenvalue weighted by molar-refractivity contribution is 7.80. The van der Waals surface area contributed by atoms with Gasteiger partial charge in [0.25, 0.3) is 5.91 Å². The van der Waals surface area contributed by atoms with Crippen molar-refractivity contribution in [2.45, 2.75) is 0 Å². The van der Waals surface area contributed by atoms with Crippen LogP contribution in [0.25, 0.3) is 0 Å². The molecular weight excluding hydrogens is 411 g/mol. The number of thiocarbonyl (C=S) groups is 1. The molecule has 10 heteroatoms. The number of nitrogens with zero attached hydrogens (tertiary/aromatic N) is 1. The number of ether oxygens (including phenoxy) is 2. The molecule has 0 fully saturated rings. The van der Waals surface area contributed by atoms with Gasteiger partial charge in [-0.1, -0.05) is 29.3 Å². The Morgan fingerprint density at radius 1 is 1.30 bits per heavy atom. The first kappa shape index (κ1) is 20.8. The lowest BCUT2D eigenvalue weighted by molar-refractivity contribution is -0.118. The van der Waals surface area contributed by atoms with Gasteiger partial charge >= 0.3 is 0 Å². The smallest absolute Gasteiger partial charge is 0.262 e. The molecule has 2 aromatic carbocycles. The van der Waals surface area contributed by atoms with Gasteiger partial charge in [-0.15, -0.1) is 0 Å². The van der Waals surface area contributed by atoms with Crippen LogP contribution >= 0.6 is 35.4 Å². The standard InChI is InChI=1S/C17H16Cl2N4O3S/c1-25-14-7-10(8-21-23-17(20)27)5-6-13(14)26-9-15(24)22-12-4-2-3-11(18)16(12)19/h2-8H,9H2,1H3,(H,22,24)(H3,20,23,27)/b21-8+. The largest absolute Gasteiger partial charge is 0.493 e. The van der Waals surface area contributed by atoms with E-state index in [4.69, 9.17) is 38.4 Å². The highest BCUT2D eigenvalue weighted by Gasteiger charge is 2.11. The number of nitrogens with two attached hydrogens (primary N) is 1. The van der Waals surface area contributed by atoms with Gasteiger partial charge in [0.1, 0.15) is 0 Å². The zero-order valence-corrected chi connectivity index (χ0v) is 16.5. The molecule has 0 aromatic heterocycles. The minimum Gasteiger partial charge on any atom is -0.493 e. The maximum Gasteiger partial charge on any atom is 0.262 e. The Kier molecular flexibility index (Phi) is 7.66. The third-order valence-electron chi connectivity index (χ3n) is 3.16. The summed E-state index contributed by atoms with van der Waals surface area (Å²) in [4.78, 5) is 12.1. The van der Waals surface area contributed by atoms with Crippen molar-refractivity contribution < 1.29 is 14.3 Å². The molecule has 0 aliphatic carbocycles. The molecular formula is C17H16Cl2N4O3S. The van der Waals surface area contributed by atoms with Gasteiger partial charge in [0.15, 0.2) is 23.2 Å². The molecule has 7 nitrogen and oxygen atoms in total. The first-order chi connectivity index (χ1) is 12.9. The van der Waals surface area contributed by atoms with Gasteiger partial charge in [-0.25, -0.2) is 0 Å². The van der Waals surface area contributed by atoms with Crippen LogP contribution in [0.1, 0.15) is 5.56 Å². The number of amides is 1. The topological polar surface area (TPSA) is 98.0 Å². The lowest BCUT2D eigenvalue weighted by Gasteiger charge is -2.12. The fraction of sp³-hybridized carbons (Fsp3) is 0.118. The van der Waals surface area contributed by atoms with E-state index in [2.05, 4.69) is 28.1 Å². The molecule has 0 heterocycles. The number of methoxy groups -OCH3 is 1. The molecule has 27 heavy (non-hydrogen) atoms. The molecule has 0 aliphatic heterocycles. The summed E-state index contributed by atoms with van der Waals surface area (Å²) in [5, 5.41) is 7.16. The van der Waals surface area contributed by atoms with Crippen molar-refractivity contribution >= 4 is 58.3 Å². The van der Waals surface area contributed by atoms with E-state index in [1.165, 1.54) is 13.3 Å². The number of carbonyl (C=O) groups excluding carboxylic acids is 1. The van der Waals surface area contributed by atoms with Gasteiger partial charge < -0.3 is 20.5 Å². The molecule has 0 atom stereocenters. The highest BCUT2D eigenvalue weighted by Crippen LogP contribution is 2.30. The van der Waals surface area contributed by atoms with Crippen LogP contribution in [0.4, 0.5) is 5.69 Å². The van der Waals surface area contributed by atoms with Gasteiger partial charge in [0.05, 0.1) is 29.1 Å². The predicted molar refractivity (Wildman–Crippen MR) is 111 cm³/mol. The average molecular weight is 427 g/mol. The molecule has 0 radical (unpaired) electrons. The first-order valence-corrected chi connectivity index (χ1v) is 8.70. The third-order valence-corrected chi connectivity index (χ3v) is 4.07. The fourth-order valence-corrected chi connectivity index (χ4v) is 2.38. The number of halogens is 2. The molecule has 142 valence electrons. The molecule has 4 N–H and O–H groups in total. The number of anilines is 1. The van der Waals surface area contributed by atoms with Gasteiger partial charge in [-0.3, -0.25) is 10.2 Å². The highest BCUT2D eigenvalue weighted by atomic mass is 35.5. The number of hydrogen-bond donors (Lipinski definition) is 3.